The number of pyridine rings is 1. The number of hydrogen-bond donors (Lipinski definition) is 0. The molecule has 0 bridgehead atoms. The summed E-state index contributed by atoms with van der Waals surface area (Å²) in [6, 6.07) is 3.24. The van der Waals surface area contributed by atoms with Crippen molar-refractivity contribution in [2.45, 2.75) is 32.1 Å². The molecule has 0 atom stereocenters. The predicted molar refractivity (Wildman–Crippen MR) is 65.4 cm³/mol. The van der Waals surface area contributed by atoms with Gasteiger partial charge in [0.25, 0.3) is 5.69 Å². The van der Waals surface area contributed by atoms with Crippen molar-refractivity contribution in [1.82, 2.24) is 4.98 Å². The summed E-state index contributed by atoms with van der Waals surface area (Å²) >= 11 is 0. The van der Waals surface area contributed by atoms with Crippen molar-refractivity contribution in [1.29, 1.82) is 0 Å². The Labute approximate surface area is 99.7 Å². The van der Waals surface area contributed by atoms with E-state index in [1.54, 1.807) is 6.07 Å². The molecule has 0 aromatic carbocycles. The Balaban J connectivity index is 1.80. The summed E-state index contributed by atoms with van der Waals surface area (Å²) in [5.74, 6) is 0. The molecule has 1 aromatic rings. The van der Waals surface area contributed by atoms with Gasteiger partial charge in [0.05, 0.1) is 4.92 Å². The largest absolute Gasteiger partial charge is 0.294 e. The molecular weight excluding hydrogens is 218 g/mol. The number of nitro groups is 1. The summed E-state index contributed by atoms with van der Waals surface area (Å²) in [5, 5.41) is 10.5. The van der Waals surface area contributed by atoms with Crippen LogP contribution in [0.1, 0.15) is 31.4 Å². The molecule has 5 heteroatoms. The fraction of sp³-hybridized carbons (Fsp3) is 0.500. The fourth-order valence-corrected chi connectivity index (χ4v) is 1.95. The first kappa shape index (κ1) is 11.7. The maximum atomic E-state index is 10.5. The minimum absolute atomic E-state index is 0.0499. The van der Waals surface area contributed by atoms with E-state index in [4.69, 9.17) is 0 Å². The number of hydrogen-bond acceptors (Lipinski definition) is 4. The summed E-state index contributed by atoms with van der Waals surface area (Å²) in [5.41, 5.74) is 2.27. The quantitative estimate of drug-likeness (QED) is 0.579. The van der Waals surface area contributed by atoms with E-state index >= 15 is 0 Å². The summed E-state index contributed by atoms with van der Waals surface area (Å²) in [7, 11) is 0. The molecule has 1 aliphatic heterocycles. The number of aliphatic imine (C=N–C) groups is 1. The highest BCUT2D eigenvalue weighted by Crippen LogP contribution is 2.13. The molecule has 0 saturated carbocycles. The minimum Gasteiger partial charge on any atom is -0.294 e. The van der Waals surface area contributed by atoms with Gasteiger partial charge in [-0.1, -0.05) is 0 Å². The van der Waals surface area contributed by atoms with Crippen molar-refractivity contribution in [3.05, 3.63) is 34.1 Å². The van der Waals surface area contributed by atoms with Crippen molar-refractivity contribution >= 4 is 11.4 Å². The zero-order chi connectivity index (χ0) is 12.1. The van der Waals surface area contributed by atoms with Crippen LogP contribution >= 0.6 is 0 Å². The van der Waals surface area contributed by atoms with Crippen LogP contribution in [0.3, 0.4) is 0 Å². The van der Waals surface area contributed by atoms with Gasteiger partial charge in [-0.15, -0.1) is 0 Å². The highest BCUT2D eigenvalue weighted by molar-refractivity contribution is 5.85. The Bertz CT molecular complexity index is 426. The second-order valence-corrected chi connectivity index (χ2v) is 4.17. The van der Waals surface area contributed by atoms with Crippen LogP contribution in [0.5, 0.6) is 0 Å². The highest BCUT2D eigenvalue weighted by atomic mass is 16.6. The van der Waals surface area contributed by atoms with Crippen molar-refractivity contribution in [2.24, 2.45) is 4.99 Å². The van der Waals surface area contributed by atoms with Gasteiger partial charge in [0.15, 0.2) is 0 Å². The number of rotatable bonds is 5. The molecular formula is C12H15N3O2. The smallest absolute Gasteiger partial charge is 0.287 e. The standard InChI is InChI=1S/C12H15N3O2/c16-15(17)12-7-6-11(14-9-12)4-1-3-10-5-2-8-13-10/h6-7,9H,1-5,8H2. The predicted octanol–water partition coefficient (Wildman–Crippen LogP) is 2.55. The van der Waals surface area contributed by atoms with Gasteiger partial charge in [0, 0.05) is 24.0 Å². The average molecular weight is 233 g/mol. The molecule has 0 aliphatic carbocycles. The molecule has 0 spiro atoms. The van der Waals surface area contributed by atoms with Gasteiger partial charge in [-0.3, -0.25) is 20.1 Å². The number of nitrogens with zero attached hydrogens (tertiary/aromatic N) is 3. The van der Waals surface area contributed by atoms with Crippen molar-refractivity contribution in [3.8, 4) is 0 Å². The van der Waals surface area contributed by atoms with Crippen molar-refractivity contribution in [2.75, 3.05) is 6.54 Å². The third-order valence-electron chi connectivity index (χ3n) is 2.88. The molecule has 1 aliphatic rings. The molecule has 0 amide bonds. The second kappa shape index (κ2) is 5.52. The molecule has 0 saturated heterocycles. The Morgan fingerprint density at radius 3 is 2.82 bits per heavy atom. The van der Waals surface area contributed by atoms with Crippen LogP contribution < -0.4 is 0 Å². The molecule has 2 rings (SSSR count). The Kier molecular flexibility index (Phi) is 3.80. The van der Waals surface area contributed by atoms with Gasteiger partial charge < -0.3 is 0 Å². The van der Waals surface area contributed by atoms with Crippen LogP contribution in [0, 0.1) is 10.1 Å². The molecule has 90 valence electrons. The van der Waals surface area contributed by atoms with Gasteiger partial charge in [-0.25, -0.2) is 0 Å². The van der Waals surface area contributed by atoms with Crippen LogP contribution in [-0.4, -0.2) is 22.2 Å². The van der Waals surface area contributed by atoms with Crippen molar-refractivity contribution in [3.63, 3.8) is 0 Å². The molecule has 5 nitrogen and oxygen atoms in total. The number of aryl methyl sites for hydroxylation is 1. The molecule has 1 aromatic heterocycles. The normalized spacial score (nSPS) is 14.7. The molecule has 0 radical (unpaired) electrons. The van der Waals surface area contributed by atoms with Gasteiger partial charge in [-0.05, 0) is 38.2 Å². The molecule has 0 fully saturated rings. The first-order valence-electron chi connectivity index (χ1n) is 5.87. The van der Waals surface area contributed by atoms with Crippen LogP contribution in [0.15, 0.2) is 23.3 Å². The molecule has 0 unspecified atom stereocenters. The summed E-state index contributed by atoms with van der Waals surface area (Å²) < 4.78 is 0. The van der Waals surface area contributed by atoms with Gasteiger partial charge in [0.2, 0.25) is 0 Å². The second-order valence-electron chi connectivity index (χ2n) is 4.17. The zero-order valence-electron chi connectivity index (χ0n) is 9.63. The average Bonchev–Trinajstić information content (AvgIpc) is 2.83. The fourth-order valence-electron chi connectivity index (χ4n) is 1.95. The summed E-state index contributed by atoms with van der Waals surface area (Å²) in [6.07, 6.45) is 6.54. The molecule has 17 heavy (non-hydrogen) atoms. The van der Waals surface area contributed by atoms with Crippen molar-refractivity contribution < 1.29 is 4.92 Å². The zero-order valence-corrected chi connectivity index (χ0v) is 9.63. The van der Waals surface area contributed by atoms with Crippen LogP contribution in [0.25, 0.3) is 0 Å². The third kappa shape index (κ3) is 3.34. The lowest BCUT2D eigenvalue weighted by atomic mass is 10.1. The third-order valence-corrected chi connectivity index (χ3v) is 2.88. The van der Waals surface area contributed by atoms with Crippen LogP contribution in [0.2, 0.25) is 0 Å². The highest BCUT2D eigenvalue weighted by Gasteiger charge is 2.07. The SMILES string of the molecule is O=[N+]([O-])c1ccc(CCCC2=NCCC2)nc1. The molecule has 2 heterocycles. The first-order chi connectivity index (χ1) is 8.25. The summed E-state index contributed by atoms with van der Waals surface area (Å²) in [4.78, 5) is 18.5. The van der Waals surface area contributed by atoms with E-state index in [9.17, 15) is 10.1 Å². The summed E-state index contributed by atoms with van der Waals surface area (Å²) in [6.45, 7) is 0.977. The lowest BCUT2D eigenvalue weighted by Gasteiger charge is -2.00. The van der Waals surface area contributed by atoms with E-state index in [1.807, 2.05) is 0 Å². The Morgan fingerprint density at radius 1 is 1.35 bits per heavy atom. The lowest BCUT2D eigenvalue weighted by molar-refractivity contribution is -0.385. The van der Waals surface area contributed by atoms with Gasteiger partial charge in [-0.2, -0.15) is 0 Å². The van der Waals surface area contributed by atoms with E-state index in [0.717, 1.165) is 37.9 Å². The monoisotopic (exact) mass is 233 g/mol. The van der Waals surface area contributed by atoms with E-state index in [0.29, 0.717) is 0 Å². The minimum atomic E-state index is -0.427. The first-order valence-corrected chi connectivity index (χ1v) is 5.87. The van der Waals surface area contributed by atoms with Crippen LogP contribution in [0.4, 0.5) is 5.69 Å². The Morgan fingerprint density at radius 2 is 2.24 bits per heavy atom. The van der Waals surface area contributed by atoms with E-state index in [1.165, 1.54) is 24.4 Å². The maximum Gasteiger partial charge on any atom is 0.287 e. The lowest BCUT2D eigenvalue weighted by Crippen LogP contribution is -1.97. The Hall–Kier alpha value is -1.78. The van der Waals surface area contributed by atoms with Crippen LogP contribution in [-0.2, 0) is 6.42 Å². The van der Waals surface area contributed by atoms with E-state index in [-0.39, 0.29) is 5.69 Å². The van der Waals surface area contributed by atoms with E-state index in [2.05, 4.69) is 9.98 Å². The number of aromatic nitrogens is 1. The molecule has 0 N–H and O–H groups in total. The van der Waals surface area contributed by atoms with E-state index < -0.39 is 4.92 Å². The topological polar surface area (TPSA) is 68.4 Å². The maximum absolute atomic E-state index is 10.5. The van der Waals surface area contributed by atoms with Gasteiger partial charge >= 0.3 is 0 Å². The van der Waals surface area contributed by atoms with Gasteiger partial charge in [0.1, 0.15) is 6.20 Å².